The molecule has 0 aliphatic carbocycles. The van der Waals surface area contributed by atoms with E-state index >= 15 is 0 Å². The van der Waals surface area contributed by atoms with Crippen LogP contribution >= 0.6 is 27.7 Å². The standard InChI is InChI=1S/C22H20BrN3O2S/c1-14-11-20(15(2)10-19(14)23)29-13-21(27)25-17-4-3-5-18(12-17)26-22(28)16-6-8-24-9-7-16/h3-12H,13H2,1-2H3,(H,25,27)(H,26,28). The zero-order valence-electron chi connectivity index (χ0n) is 16.0. The van der Waals surface area contributed by atoms with Crippen molar-refractivity contribution in [3.63, 3.8) is 0 Å². The number of hydrogen-bond donors (Lipinski definition) is 2. The zero-order valence-corrected chi connectivity index (χ0v) is 18.4. The highest BCUT2D eigenvalue weighted by Gasteiger charge is 2.09. The van der Waals surface area contributed by atoms with Crippen LogP contribution in [0.2, 0.25) is 0 Å². The van der Waals surface area contributed by atoms with E-state index in [1.165, 1.54) is 11.8 Å². The van der Waals surface area contributed by atoms with Crippen molar-refractivity contribution >= 4 is 50.9 Å². The normalized spacial score (nSPS) is 10.4. The Labute approximate surface area is 182 Å². The van der Waals surface area contributed by atoms with Crippen molar-refractivity contribution in [3.05, 3.63) is 82.1 Å². The fraction of sp³-hybridized carbons (Fsp3) is 0.136. The number of anilines is 2. The third-order valence-electron chi connectivity index (χ3n) is 4.16. The lowest BCUT2D eigenvalue weighted by Crippen LogP contribution is -2.15. The molecule has 0 unspecified atom stereocenters. The van der Waals surface area contributed by atoms with Crippen LogP contribution in [0.5, 0.6) is 0 Å². The predicted molar refractivity (Wildman–Crippen MR) is 122 cm³/mol. The molecular formula is C22H20BrN3O2S. The third-order valence-corrected chi connectivity index (χ3v) is 6.17. The largest absolute Gasteiger partial charge is 0.325 e. The van der Waals surface area contributed by atoms with Crippen LogP contribution in [0.15, 0.2) is 70.3 Å². The highest BCUT2D eigenvalue weighted by molar-refractivity contribution is 9.10. The number of halogens is 1. The molecule has 5 nitrogen and oxygen atoms in total. The molecule has 0 bridgehead atoms. The van der Waals surface area contributed by atoms with Crippen molar-refractivity contribution in [2.24, 2.45) is 0 Å². The molecule has 2 amide bonds. The smallest absolute Gasteiger partial charge is 0.255 e. The molecular weight excluding hydrogens is 450 g/mol. The number of hydrogen-bond acceptors (Lipinski definition) is 4. The van der Waals surface area contributed by atoms with Gasteiger partial charge in [-0.25, -0.2) is 0 Å². The van der Waals surface area contributed by atoms with Gasteiger partial charge in [-0.3, -0.25) is 14.6 Å². The Bertz CT molecular complexity index is 1040. The Morgan fingerprint density at radius 1 is 0.966 bits per heavy atom. The van der Waals surface area contributed by atoms with Gasteiger partial charge in [-0.2, -0.15) is 0 Å². The highest BCUT2D eigenvalue weighted by atomic mass is 79.9. The number of rotatable bonds is 6. The number of carbonyl (C=O) groups is 2. The fourth-order valence-electron chi connectivity index (χ4n) is 2.63. The van der Waals surface area contributed by atoms with Gasteiger partial charge in [0.1, 0.15) is 0 Å². The minimum Gasteiger partial charge on any atom is -0.325 e. The lowest BCUT2D eigenvalue weighted by atomic mass is 10.2. The van der Waals surface area contributed by atoms with E-state index in [-0.39, 0.29) is 11.8 Å². The number of carbonyl (C=O) groups excluding carboxylic acids is 2. The van der Waals surface area contributed by atoms with Gasteiger partial charge in [-0.1, -0.05) is 22.0 Å². The van der Waals surface area contributed by atoms with Crippen LogP contribution in [0.1, 0.15) is 21.5 Å². The molecule has 0 fully saturated rings. The number of nitrogens with one attached hydrogen (secondary N) is 2. The summed E-state index contributed by atoms with van der Waals surface area (Å²) in [5.74, 6) is -0.0321. The van der Waals surface area contributed by atoms with E-state index in [2.05, 4.69) is 43.7 Å². The molecule has 3 aromatic rings. The minimum absolute atomic E-state index is 0.104. The average molecular weight is 470 g/mol. The van der Waals surface area contributed by atoms with Gasteiger partial charge in [0, 0.05) is 38.7 Å². The monoisotopic (exact) mass is 469 g/mol. The van der Waals surface area contributed by atoms with Crippen LogP contribution in [-0.4, -0.2) is 22.6 Å². The zero-order chi connectivity index (χ0) is 20.8. The number of amides is 2. The van der Waals surface area contributed by atoms with Crippen LogP contribution < -0.4 is 10.6 Å². The molecule has 29 heavy (non-hydrogen) atoms. The first-order chi connectivity index (χ1) is 13.9. The van der Waals surface area contributed by atoms with Gasteiger partial charge in [0.2, 0.25) is 5.91 Å². The molecule has 0 saturated carbocycles. The van der Waals surface area contributed by atoms with Crippen LogP contribution in [0.4, 0.5) is 11.4 Å². The molecule has 1 heterocycles. The molecule has 0 atom stereocenters. The topological polar surface area (TPSA) is 71.1 Å². The van der Waals surface area contributed by atoms with E-state index in [0.29, 0.717) is 22.7 Å². The van der Waals surface area contributed by atoms with E-state index in [1.54, 1.807) is 48.8 Å². The molecule has 1 aromatic heterocycles. The first kappa shape index (κ1) is 21.1. The second-order valence-corrected chi connectivity index (χ2v) is 8.35. The molecule has 2 aromatic carbocycles. The van der Waals surface area contributed by atoms with Gasteiger partial charge in [-0.05, 0) is 67.4 Å². The maximum Gasteiger partial charge on any atom is 0.255 e. The van der Waals surface area contributed by atoms with Crippen LogP contribution in [0.3, 0.4) is 0 Å². The maximum absolute atomic E-state index is 12.4. The molecule has 0 radical (unpaired) electrons. The number of nitrogens with zero attached hydrogens (tertiary/aromatic N) is 1. The third kappa shape index (κ3) is 5.92. The molecule has 2 N–H and O–H groups in total. The van der Waals surface area contributed by atoms with Crippen molar-refractivity contribution < 1.29 is 9.59 Å². The fourth-order valence-corrected chi connectivity index (χ4v) is 3.99. The van der Waals surface area contributed by atoms with Gasteiger partial charge < -0.3 is 10.6 Å². The first-order valence-electron chi connectivity index (χ1n) is 8.93. The van der Waals surface area contributed by atoms with E-state index < -0.39 is 0 Å². The Balaban J connectivity index is 1.59. The molecule has 148 valence electrons. The average Bonchev–Trinajstić information content (AvgIpc) is 2.70. The second kappa shape index (κ2) is 9.71. The van der Waals surface area contributed by atoms with Crippen molar-refractivity contribution in [1.82, 2.24) is 4.98 Å². The van der Waals surface area contributed by atoms with Crippen LogP contribution in [-0.2, 0) is 4.79 Å². The number of pyridine rings is 1. The Morgan fingerprint density at radius 3 is 2.38 bits per heavy atom. The van der Waals surface area contributed by atoms with Crippen molar-refractivity contribution in [3.8, 4) is 0 Å². The summed E-state index contributed by atoms with van der Waals surface area (Å²) in [6.45, 7) is 4.05. The Morgan fingerprint density at radius 2 is 1.66 bits per heavy atom. The lowest BCUT2D eigenvalue weighted by molar-refractivity contribution is -0.113. The van der Waals surface area contributed by atoms with E-state index in [4.69, 9.17) is 0 Å². The lowest BCUT2D eigenvalue weighted by Gasteiger charge is -2.10. The number of aryl methyl sites for hydroxylation is 2. The summed E-state index contributed by atoms with van der Waals surface area (Å²) < 4.78 is 1.06. The number of thioether (sulfide) groups is 1. The molecule has 0 saturated heterocycles. The van der Waals surface area contributed by atoms with Gasteiger partial charge in [-0.15, -0.1) is 11.8 Å². The minimum atomic E-state index is -0.229. The van der Waals surface area contributed by atoms with E-state index in [1.807, 2.05) is 13.8 Å². The van der Waals surface area contributed by atoms with Crippen LogP contribution in [0.25, 0.3) is 0 Å². The number of aromatic nitrogens is 1. The first-order valence-corrected chi connectivity index (χ1v) is 10.7. The van der Waals surface area contributed by atoms with Gasteiger partial charge in [0.25, 0.3) is 5.91 Å². The van der Waals surface area contributed by atoms with E-state index in [9.17, 15) is 9.59 Å². The van der Waals surface area contributed by atoms with Crippen molar-refractivity contribution in [2.75, 3.05) is 16.4 Å². The predicted octanol–water partition coefficient (Wildman–Crippen LogP) is 5.44. The quantitative estimate of drug-likeness (QED) is 0.471. The summed E-state index contributed by atoms with van der Waals surface area (Å²) >= 11 is 5.02. The van der Waals surface area contributed by atoms with E-state index in [0.717, 1.165) is 20.5 Å². The molecule has 0 aliphatic heterocycles. The van der Waals surface area contributed by atoms with Gasteiger partial charge in [0.15, 0.2) is 0 Å². The van der Waals surface area contributed by atoms with Crippen LogP contribution in [0, 0.1) is 13.8 Å². The number of benzene rings is 2. The molecule has 7 heteroatoms. The SMILES string of the molecule is Cc1cc(SCC(=O)Nc2cccc(NC(=O)c3ccncc3)c2)c(C)cc1Br. The molecule has 3 rings (SSSR count). The summed E-state index contributed by atoms with van der Waals surface area (Å²) in [6, 6.07) is 14.5. The summed E-state index contributed by atoms with van der Waals surface area (Å²) in [7, 11) is 0. The summed E-state index contributed by atoms with van der Waals surface area (Å²) in [6.07, 6.45) is 3.13. The maximum atomic E-state index is 12.4. The Kier molecular flexibility index (Phi) is 7.06. The van der Waals surface area contributed by atoms with Crippen molar-refractivity contribution in [1.29, 1.82) is 0 Å². The summed E-state index contributed by atoms with van der Waals surface area (Å²) in [5, 5.41) is 5.70. The molecule has 0 spiro atoms. The van der Waals surface area contributed by atoms with Gasteiger partial charge in [0.05, 0.1) is 5.75 Å². The summed E-state index contributed by atoms with van der Waals surface area (Å²) in [4.78, 5) is 29.6. The second-order valence-electron chi connectivity index (χ2n) is 6.47. The van der Waals surface area contributed by atoms with Gasteiger partial charge >= 0.3 is 0 Å². The van der Waals surface area contributed by atoms with Crippen molar-refractivity contribution in [2.45, 2.75) is 18.7 Å². The highest BCUT2D eigenvalue weighted by Crippen LogP contribution is 2.28. The molecule has 0 aliphatic rings. The summed E-state index contributed by atoms with van der Waals surface area (Å²) in [5.41, 5.74) is 4.02. The Hall–Kier alpha value is -2.64.